The number of nitrogens with one attached hydrogen (secondary N) is 1. The summed E-state index contributed by atoms with van der Waals surface area (Å²) < 4.78 is 24.2. The Morgan fingerprint density at radius 3 is 2.14 bits per heavy atom. The average molecular weight is 218 g/mol. The van der Waals surface area contributed by atoms with Crippen LogP contribution in [-0.4, -0.2) is 45.2 Å². The van der Waals surface area contributed by atoms with Gasteiger partial charge in [-0.3, -0.25) is 0 Å². The smallest absolute Gasteiger partial charge is 0.211 e. The number of hydrogen-bond acceptors (Lipinski definition) is 3. The van der Waals surface area contributed by atoms with Gasteiger partial charge in [0.1, 0.15) is 0 Å². The molecule has 1 heterocycles. The predicted octanol–water partition coefficient (Wildman–Crippen LogP) is -0.124. The van der Waals surface area contributed by atoms with E-state index >= 15 is 0 Å². The lowest BCUT2D eigenvalue weighted by molar-refractivity contribution is 0.358. The standard InChI is InChI=1S/C9H18N2O2S/c1-11(14(2,12)13)9-3-7-5-10-6-8(7)4-9/h7-10H,3-6H2,1-2H3/t7-,8+,9?. The molecule has 0 bridgehead atoms. The van der Waals surface area contributed by atoms with E-state index in [1.165, 1.54) is 6.26 Å². The molecule has 1 aliphatic carbocycles. The van der Waals surface area contributed by atoms with Crippen LogP contribution in [0.3, 0.4) is 0 Å². The fraction of sp³-hybridized carbons (Fsp3) is 1.00. The highest BCUT2D eigenvalue weighted by molar-refractivity contribution is 7.88. The van der Waals surface area contributed by atoms with E-state index in [0.29, 0.717) is 11.8 Å². The summed E-state index contributed by atoms with van der Waals surface area (Å²) >= 11 is 0. The van der Waals surface area contributed by atoms with Gasteiger partial charge in [-0.1, -0.05) is 0 Å². The molecule has 0 radical (unpaired) electrons. The molecule has 0 amide bonds. The van der Waals surface area contributed by atoms with Gasteiger partial charge in [0.05, 0.1) is 6.26 Å². The van der Waals surface area contributed by atoms with Crippen molar-refractivity contribution in [1.29, 1.82) is 0 Å². The van der Waals surface area contributed by atoms with Crippen LogP contribution in [0.15, 0.2) is 0 Å². The third-order valence-corrected chi connectivity index (χ3v) is 5.01. The van der Waals surface area contributed by atoms with Gasteiger partial charge in [0, 0.05) is 13.1 Å². The Balaban J connectivity index is 2.02. The van der Waals surface area contributed by atoms with Crippen molar-refractivity contribution in [3.8, 4) is 0 Å². The van der Waals surface area contributed by atoms with E-state index in [0.717, 1.165) is 25.9 Å². The van der Waals surface area contributed by atoms with Crippen molar-refractivity contribution < 1.29 is 8.42 Å². The van der Waals surface area contributed by atoms with E-state index in [4.69, 9.17) is 0 Å². The lowest BCUT2D eigenvalue weighted by Gasteiger charge is -2.22. The van der Waals surface area contributed by atoms with Crippen molar-refractivity contribution in [2.24, 2.45) is 11.8 Å². The van der Waals surface area contributed by atoms with Gasteiger partial charge >= 0.3 is 0 Å². The van der Waals surface area contributed by atoms with Gasteiger partial charge < -0.3 is 5.32 Å². The van der Waals surface area contributed by atoms with Crippen molar-refractivity contribution in [1.82, 2.24) is 9.62 Å². The molecule has 0 spiro atoms. The molecule has 1 N–H and O–H groups in total. The third-order valence-electron chi connectivity index (χ3n) is 3.67. The van der Waals surface area contributed by atoms with Crippen LogP contribution in [0.4, 0.5) is 0 Å². The van der Waals surface area contributed by atoms with E-state index in [9.17, 15) is 8.42 Å². The largest absolute Gasteiger partial charge is 0.316 e. The maximum Gasteiger partial charge on any atom is 0.211 e. The van der Waals surface area contributed by atoms with Gasteiger partial charge in [0.25, 0.3) is 0 Å². The zero-order chi connectivity index (χ0) is 10.3. The quantitative estimate of drug-likeness (QED) is 0.703. The first-order chi connectivity index (χ1) is 6.48. The van der Waals surface area contributed by atoms with Gasteiger partial charge in [-0.15, -0.1) is 0 Å². The summed E-state index contributed by atoms with van der Waals surface area (Å²) in [6.45, 7) is 2.14. The molecule has 14 heavy (non-hydrogen) atoms. The zero-order valence-electron chi connectivity index (χ0n) is 8.73. The monoisotopic (exact) mass is 218 g/mol. The van der Waals surface area contributed by atoms with E-state index < -0.39 is 10.0 Å². The van der Waals surface area contributed by atoms with E-state index in [2.05, 4.69) is 5.32 Å². The van der Waals surface area contributed by atoms with E-state index in [-0.39, 0.29) is 6.04 Å². The molecule has 0 aromatic rings. The summed E-state index contributed by atoms with van der Waals surface area (Å²) in [5, 5.41) is 3.35. The summed E-state index contributed by atoms with van der Waals surface area (Å²) in [6, 6.07) is 0.238. The van der Waals surface area contributed by atoms with Crippen LogP contribution in [0, 0.1) is 11.8 Å². The van der Waals surface area contributed by atoms with Crippen molar-refractivity contribution in [3.63, 3.8) is 0 Å². The van der Waals surface area contributed by atoms with Crippen LogP contribution in [0.25, 0.3) is 0 Å². The van der Waals surface area contributed by atoms with Crippen molar-refractivity contribution >= 4 is 10.0 Å². The molecule has 1 saturated heterocycles. The van der Waals surface area contributed by atoms with Crippen LogP contribution in [-0.2, 0) is 10.0 Å². The molecular formula is C9H18N2O2S. The third kappa shape index (κ3) is 1.81. The molecule has 2 fully saturated rings. The molecule has 4 nitrogen and oxygen atoms in total. The molecule has 3 atom stereocenters. The molecule has 2 rings (SSSR count). The second kappa shape index (κ2) is 3.47. The molecule has 1 aliphatic heterocycles. The summed E-state index contributed by atoms with van der Waals surface area (Å²) in [7, 11) is -1.30. The highest BCUT2D eigenvalue weighted by atomic mass is 32.2. The molecule has 1 saturated carbocycles. The lowest BCUT2D eigenvalue weighted by atomic mass is 10.0. The van der Waals surface area contributed by atoms with E-state index in [1.54, 1.807) is 11.4 Å². The summed E-state index contributed by atoms with van der Waals surface area (Å²) in [5.74, 6) is 1.40. The molecule has 5 heteroatoms. The average Bonchev–Trinajstić information content (AvgIpc) is 2.58. The van der Waals surface area contributed by atoms with Gasteiger partial charge in [0.15, 0.2) is 0 Å². The fourth-order valence-corrected chi connectivity index (χ4v) is 3.42. The minimum atomic E-state index is -3.00. The Hall–Kier alpha value is -0.130. The number of fused-ring (bicyclic) bond motifs is 1. The minimum Gasteiger partial charge on any atom is -0.316 e. The summed E-state index contributed by atoms with van der Waals surface area (Å²) in [4.78, 5) is 0. The Bertz CT molecular complexity index is 303. The number of hydrogen-bond donors (Lipinski definition) is 1. The first kappa shape index (κ1) is 10.4. The molecule has 1 unspecified atom stereocenters. The maximum atomic E-state index is 11.3. The normalized spacial score (nSPS) is 37.8. The SMILES string of the molecule is CN(C1C[C@H]2CNC[C@H]2C1)S(C)(=O)=O. The fourth-order valence-electron chi connectivity index (χ4n) is 2.70. The highest BCUT2D eigenvalue weighted by Gasteiger charge is 2.40. The molecular weight excluding hydrogens is 200 g/mol. The summed E-state index contributed by atoms with van der Waals surface area (Å²) in [5.41, 5.74) is 0. The Morgan fingerprint density at radius 2 is 1.71 bits per heavy atom. The van der Waals surface area contributed by atoms with Crippen LogP contribution >= 0.6 is 0 Å². The van der Waals surface area contributed by atoms with Crippen LogP contribution in [0.2, 0.25) is 0 Å². The van der Waals surface area contributed by atoms with Gasteiger partial charge in [0.2, 0.25) is 10.0 Å². The van der Waals surface area contributed by atoms with Crippen LogP contribution in [0.1, 0.15) is 12.8 Å². The number of sulfonamides is 1. The topological polar surface area (TPSA) is 49.4 Å². The highest BCUT2D eigenvalue weighted by Crippen LogP contribution is 2.37. The molecule has 0 aromatic heterocycles. The zero-order valence-corrected chi connectivity index (χ0v) is 9.55. The van der Waals surface area contributed by atoms with Crippen LogP contribution in [0.5, 0.6) is 0 Å². The van der Waals surface area contributed by atoms with Gasteiger partial charge in [-0.2, -0.15) is 0 Å². The van der Waals surface area contributed by atoms with Gasteiger partial charge in [-0.05, 0) is 37.8 Å². The molecule has 0 aromatic carbocycles. The Labute approximate surface area is 85.7 Å². The Kier molecular flexibility index (Phi) is 2.57. The predicted molar refractivity (Wildman–Crippen MR) is 55.5 cm³/mol. The first-order valence-corrected chi connectivity index (χ1v) is 6.97. The molecule has 2 aliphatic rings. The van der Waals surface area contributed by atoms with Crippen molar-refractivity contribution in [3.05, 3.63) is 0 Å². The van der Waals surface area contributed by atoms with Crippen molar-refractivity contribution in [2.45, 2.75) is 18.9 Å². The van der Waals surface area contributed by atoms with E-state index in [1.807, 2.05) is 0 Å². The first-order valence-electron chi connectivity index (χ1n) is 5.12. The lowest BCUT2D eigenvalue weighted by Crippen LogP contribution is -2.35. The van der Waals surface area contributed by atoms with Gasteiger partial charge in [-0.25, -0.2) is 12.7 Å². The second-order valence-corrected chi connectivity index (χ2v) is 6.62. The minimum absolute atomic E-state index is 0.238. The maximum absolute atomic E-state index is 11.3. The van der Waals surface area contributed by atoms with Crippen LogP contribution < -0.4 is 5.32 Å². The number of nitrogens with zero attached hydrogens (tertiary/aromatic N) is 1. The molecule has 82 valence electrons. The summed E-state index contributed by atoms with van der Waals surface area (Å²) in [6.07, 6.45) is 3.35. The second-order valence-electron chi connectivity index (χ2n) is 4.58. The number of rotatable bonds is 2. The van der Waals surface area contributed by atoms with Crippen molar-refractivity contribution in [2.75, 3.05) is 26.4 Å². The Morgan fingerprint density at radius 1 is 1.21 bits per heavy atom.